The van der Waals surface area contributed by atoms with Crippen molar-refractivity contribution < 1.29 is 9.53 Å². The van der Waals surface area contributed by atoms with E-state index in [2.05, 4.69) is 39.5 Å². The Hall–Kier alpha value is -0.570. The molecule has 0 N–H and O–H groups in total. The Kier molecular flexibility index (Phi) is 5.52. The minimum atomic E-state index is -0.506. The number of nitrogens with zero attached hydrogens (tertiary/aromatic N) is 1. The molecule has 1 saturated heterocycles. The maximum atomic E-state index is 12.3. The van der Waals surface area contributed by atoms with E-state index in [-0.39, 0.29) is 16.9 Å². The third kappa shape index (κ3) is 3.28. The van der Waals surface area contributed by atoms with Crippen LogP contribution in [0.4, 0.5) is 0 Å². The summed E-state index contributed by atoms with van der Waals surface area (Å²) in [6.07, 6.45) is 3.92. The molecule has 3 nitrogen and oxygen atoms in total. The van der Waals surface area contributed by atoms with Crippen LogP contribution in [0.25, 0.3) is 0 Å². The molecule has 1 aliphatic heterocycles. The van der Waals surface area contributed by atoms with Gasteiger partial charge in [-0.2, -0.15) is 0 Å². The Morgan fingerprint density at radius 3 is 1.90 bits per heavy atom. The molecular formula is C18H35NO2. The zero-order valence-electron chi connectivity index (χ0n) is 15.4. The van der Waals surface area contributed by atoms with Crippen LogP contribution in [-0.2, 0) is 9.53 Å². The van der Waals surface area contributed by atoms with Gasteiger partial charge >= 0.3 is 5.97 Å². The molecule has 0 spiro atoms. The first kappa shape index (κ1) is 18.5. The third-order valence-electron chi connectivity index (χ3n) is 6.62. The topological polar surface area (TPSA) is 29.5 Å². The number of hydrogen-bond donors (Lipinski definition) is 0. The highest BCUT2D eigenvalue weighted by Crippen LogP contribution is 2.50. The number of rotatable bonds is 5. The lowest BCUT2D eigenvalue weighted by Crippen LogP contribution is -2.58. The molecule has 1 unspecified atom stereocenters. The third-order valence-corrected chi connectivity index (χ3v) is 6.62. The van der Waals surface area contributed by atoms with Crippen LogP contribution in [0.2, 0.25) is 0 Å². The zero-order chi connectivity index (χ0) is 16.5. The van der Waals surface area contributed by atoms with Gasteiger partial charge in [0.05, 0.1) is 12.5 Å². The molecule has 0 aliphatic carbocycles. The first-order valence-electron chi connectivity index (χ1n) is 8.33. The van der Waals surface area contributed by atoms with E-state index in [1.807, 2.05) is 13.8 Å². The highest BCUT2D eigenvalue weighted by atomic mass is 16.5. The minimum Gasteiger partial charge on any atom is -0.469 e. The number of esters is 1. The fourth-order valence-electron chi connectivity index (χ4n) is 3.69. The maximum absolute atomic E-state index is 12.3. The Morgan fingerprint density at radius 2 is 1.48 bits per heavy atom. The van der Waals surface area contributed by atoms with E-state index < -0.39 is 5.41 Å². The van der Waals surface area contributed by atoms with Gasteiger partial charge in [0, 0.05) is 5.54 Å². The van der Waals surface area contributed by atoms with Crippen LogP contribution in [0.1, 0.15) is 67.7 Å². The van der Waals surface area contributed by atoms with Crippen LogP contribution < -0.4 is 0 Å². The van der Waals surface area contributed by atoms with E-state index >= 15 is 0 Å². The Bertz CT molecular complexity index is 365. The van der Waals surface area contributed by atoms with Crippen LogP contribution in [0.3, 0.4) is 0 Å². The summed E-state index contributed by atoms with van der Waals surface area (Å²) in [5, 5.41) is 0. The monoisotopic (exact) mass is 297 g/mol. The molecule has 0 radical (unpaired) electrons. The molecule has 1 atom stereocenters. The van der Waals surface area contributed by atoms with Gasteiger partial charge in [0.15, 0.2) is 0 Å². The SMILES string of the molecule is COC(=O)C(C)(C)C(C)(C)C(C)C(C)(C)N1CCCCC1. The van der Waals surface area contributed by atoms with E-state index in [0.29, 0.717) is 5.92 Å². The molecule has 1 aliphatic rings. The molecule has 0 amide bonds. The summed E-state index contributed by atoms with van der Waals surface area (Å²) in [6.45, 7) is 17.7. The van der Waals surface area contributed by atoms with Gasteiger partial charge in [-0.25, -0.2) is 0 Å². The van der Waals surface area contributed by atoms with Crippen LogP contribution >= 0.6 is 0 Å². The standard InChI is InChI=1S/C18H35NO2/c1-14(16(2,3)17(4,5)15(20)21-8)18(6,7)19-12-10-9-11-13-19/h14H,9-13H2,1-8H3. The van der Waals surface area contributed by atoms with Crippen LogP contribution in [-0.4, -0.2) is 36.6 Å². The molecule has 3 heteroatoms. The van der Waals surface area contributed by atoms with Gasteiger partial charge in [-0.05, 0) is 65.0 Å². The molecule has 0 aromatic rings. The number of carbonyl (C=O) groups is 1. The number of ether oxygens (including phenoxy) is 1. The highest BCUT2D eigenvalue weighted by molar-refractivity contribution is 5.76. The van der Waals surface area contributed by atoms with Crippen molar-refractivity contribution in [3.63, 3.8) is 0 Å². The van der Waals surface area contributed by atoms with Crippen molar-refractivity contribution >= 4 is 5.97 Å². The average molecular weight is 297 g/mol. The lowest BCUT2D eigenvalue weighted by atomic mass is 9.57. The molecule has 0 saturated carbocycles. The fourth-order valence-corrected chi connectivity index (χ4v) is 3.69. The highest BCUT2D eigenvalue weighted by Gasteiger charge is 2.52. The second-order valence-corrected chi connectivity index (χ2v) is 8.26. The predicted octanol–water partition coefficient (Wildman–Crippen LogP) is 4.11. The van der Waals surface area contributed by atoms with Gasteiger partial charge in [-0.15, -0.1) is 0 Å². The largest absolute Gasteiger partial charge is 0.469 e. The normalized spacial score (nSPS) is 20.2. The zero-order valence-corrected chi connectivity index (χ0v) is 15.4. The Balaban J connectivity index is 3.02. The summed E-state index contributed by atoms with van der Waals surface area (Å²) < 4.78 is 5.06. The quantitative estimate of drug-likeness (QED) is 0.715. The Morgan fingerprint density at radius 1 is 1.00 bits per heavy atom. The second-order valence-electron chi connectivity index (χ2n) is 8.26. The van der Waals surface area contributed by atoms with Crippen molar-refractivity contribution in [2.24, 2.45) is 16.7 Å². The number of methoxy groups -OCH3 is 1. The fraction of sp³-hybridized carbons (Fsp3) is 0.944. The summed E-state index contributed by atoms with van der Waals surface area (Å²) in [7, 11) is 1.49. The maximum Gasteiger partial charge on any atom is 0.311 e. The van der Waals surface area contributed by atoms with Gasteiger partial charge < -0.3 is 4.74 Å². The summed E-state index contributed by atoms with van der Waals surface area (Å²) in [4.78, 5) is 14.9. The number of hydrogen-bond acceptors (Lipinski definition) is 3. The molecule has 21 heavy (non-hydrogen) atoms. The van der Waals surface area contributed by atoms with Gasteiger partial charge in [0.1, 0.15) is 0 Å². The van der Waals surface area contributed by atoms with E-state index in [0.717, 1.165) is 0 Å². The van der Waals surface area contributed by atoms with E-state index in [4.69, 9.17) is 4.74 Å². The molecule has 124 valence electrons. The van der Waals surface area contributed by atoms with Gasteiger partial charge in [-0.1, -0.05) is 27.2 Å². The summed E-state index contributed by atoms with van der Waals surface area (Å²) in [5.41, 5.74) is -0.579. The van der Waals surface area contributed by atoms with Gasteiger partial charge in [-0.3, -0.25) is 9.69 Å². The summed E-state index contributed by atoms with van der Waals surface area (Å²) in [6, 6.07) is 0. The van der Waals surface area contributed by atoms with E-state index in [9.17, 15) is 4.79 Å². The minimum absolute atomic E-state index is 0.0786. The molecule has 1 heterocycles. The van der Waals surface area contributed by atoms with E-state index in [1.165, 1.54) is 39.5 Å². The average Bonchev–Trinajstić information content (AvgIpc) is 2.45. The summed E-state index contributed by atoms with van der Waals surface area (Å²) >= 11 is 0. The van der Waals surface area contributed by atoms with Crippen molar-refractivity contribution in [3.05, 3.63) is 0 Å². The van der Waals surface area contributed by atoms with Crippen molar-refractivity contribution in [2.75, 3.05) is 20.2 Å². The smallest absolute Gasteiger partial charge is 0.311 e. The van der Waals surface area contributed by atoms with Gasteiger partial charge in [0.2, 0.25) is 0 Å². The molecular weight excluding hydrogens is 262 g/mol. The number of carbonyl (C=O) groups excluding carboxylic acids is 1. The lowest BCUT2D eigenvalue weighted by molar-refractivity contribution is -0.163. The molecule has 1 rings (SSSR count). The Labute approximate surface area is 131 Å². The van der Waals surface area contributed by atoms with Crippen LogP contribution in [0, 0.1) is 16.7 Å². The molecule has 1 fully saturated rings. The summed E-state index contributed by atoms with van der Waals surface area (Å²) in [5.74, 6) is 0.256. The van der Waals surface area contributed by atoms with Crippen molar-refractivity contribution in [1.29, 1.82) is 0 Å². The first-order chi connectivity index (χ1) is 9.49. The van der Waals surface area contributed by atoms with Crippen LogP contribution in [0.5, 0.6) is 0 Å². The van der Waals surface area contributed by atoms with Gasteiger partial charge in [0.25, 0.3) is 0 Å². The molecule has 0 aromatic carbocycles. The number of piperidine rings is 1. The second kappa shape index (κ2) is 6.28. The first-order valence-corrected chi connectivity index (χ1v) is 8.33. The molecule has 0 aromatic heterocycles. The van der Waals surface area contributed by atoms with Crippen molar-refractivity contribution in [2.45, 2.75) is 73.3 Å². The van der Waals surface area contributed by atoms with E-state index in [1.54, 1.807) is 0 Å². The lowest BCUT2D eigenvalue weighted by Gasteiger charge is -2.54. The molecule has 0 bridgehead atoms. The van der Waals surface area contributed by atoms with Crippen molar-refractivity contribution in [1.82, 2.24) is 4.90 Å². The van der Waals surface area contributed by atoms with Crippen molar-refractivity contribution in [3.8, 4) is 0 Å². The number of likely N-dealkylation sites (tertiary alicyclic amines) is 1. The van der Waals surface area contributed by atoms with Crippen LogP contribution in [0.15, 0.2) is 0 Å². The predicted molar refractivity (Wildman–Crippen MR) is 88.2 cm³/mol.